The Morgan fingerprint density at radius 1 is 1.20 bits per heavy atom. The highest BCUT2D eigenvalue weighted by Crippen LogP contribution is 2.33. The molecule has 0 bridgehead atoms. The van der Waals surface area contributed by atoms with Gasteiger partial charge in [-0.3, -0.25) is 0 Å². The van der Waals surface area contributed by atoms with Crippen molar-refractivity contribution in [2.24, 2.45) is 0 Å². The van der Waals surface area contributed by atoms with Gasteiger partial charge in [0.15, 0.2) is 11.6 Å². The summed E-state index contributed by atoms with van der Waals surface area (Å²) in [6.45, 7) is 1.91. The first-order valence-corrected chi connectivity index (χ1v) is 6.51. The molecule has 0 radical (unpaired) electrons. The fraction of sp³-hybridized carbons (Fsp3) is 0.0769. The number of nitrogens with zero attached hydrogens (tertiary/aromatic N) is 2. The number of hydrogen-bond donors (Lipinski definition) is 1. The van der Waals surface area contributed by atoms with Crippen LogP contribution in [0.25, 0.3) is 22.8 Å². The molecular weight excluding hydrogens is 284 g/mol. The van der Waals surface area contributed by atoms with E-state index in [-0.39, 0.29) is 11.7 Å². The van der Waals surface area contributed by atoms with Crippen LogP contribution >= 0.6 is 11.3 Å². The van der Waals surface area contributed by atoms with Crippen molar-refractivity contribution in [3.8, 4) is 22.8 Å². The normalized spacial score (nSPS) is 10.9. The number of aryl methyl sites for hydroxylation is 1. The van der Waals surface area contributed by atoms with E-state index in [1.807, 2.05) is 13.0 Å². The molecule has 0 saturated heterocycles. The molecule has 0 fully saturated rings. The third-order valence-corrected chi connectivity index (χ3v) is 3.60. The van der Waals surface area contributed by atoms with Gasteiger partial charge in [-0.05, 0) is 31.2 Å². The second kappa shape index (κ2) is 4.68. The molecule has 102 valence electrons. The Morgan fingerprint density at radius 3 is 2.65 bits per heavy atom. The van der Waals surface area contributed by atoms with Crippen LogP contribution in [0.3, 0.4) is 0 Å². The van der Waals surface area contributed by atoms with Crippen molar-refractivity contribution >= 4 is 16.3 Å². The van der Waals surface area contributed by atoms with Crippen LogP contribution in [0.15, 0.2) is 28.8 Å². The highest BCUT2D eigenvalue weighted by molar-refractivity contribution is 7.16. The summed E-state index contributed by atoms with van der Waals surface area (Å²) in [5, 5.41) is 4.33. The van der Waals surface area contributed by atoms with Crippen LogP contribution in [-0.4, -0.2) is 10.1 Å². The summed E-state index contributed by atoms with van der Waals surface area (Å²) in [6.07, 6.45) is 0. The van der Waals surface area contributed by atoms with Crippen molar-refractivity contribution in [2.75, 3.05) is 5.73 Å². The molecule has 0 aliphatic carbocycles. The summed E-state index contributed by atoms with van der Waals surface area (Å²) in [4.78, 5) is 5.17. The maximum atomic E-state index is 13.2. The van der Waals surface area contributed by atoms with Crippen LogP contribution in [0.2, 0.25) is 0 Å². The lowest BCUT2D eigenvalue weighted by Gasteiger charge is -1.95. The largest absolute Gasteiger partial charge is 0.390 e. The van der Waals surface area contributed by atoms with E-state index in [4.69, 9.17) is 10.3 Å². The van der Waals surface area contributed by atoms with Gasteiger partial charge in [0.25, 0.3) is 5.89 Å². The highest BCUT2D eigenvalue weighted by atomic mass is 32.1. The molecule has 0 aliphatic rings. The van der Waals surface area contributed by atoms with Crippen LogP contribution in [0, 0.1) is 18.6 Å². The van der Waals surface area contributed by atoms with E-state index in [2.05, 4.69) is 10.1 Å². The molecule has 2 heterocycles. The molecule has 0 amide bonds. The van der Waals surface area contributed by atoms with Gasteiger partial charge in [-0.1, -0.05) is 5.16 Å². The zero-order chi connectivity index (χ0) is 14.3. The Bertz CT molecular complexity index is 782. The van der Waals surface area contributed by atoms with Gasteiger partial charge in [-0.2, -0.15) is 4.98 Å². The van der Waals surface area contributed by atoms with Gasteiger partial charge in [-0.15, -0.1) is 11.3 Å². The average Bonchev–Trinajstić information content (AvgIpc) is 2.99. The monoisotopic (exact) mass is 293 g/mol. The lowest BCUT2D eigenvalue weighted by Crippen LogP contribution is -1.87. The molecule has 0 saturated carbocycles. The molecule has 0 aliphatic heterocycles. The molecule has 0 atom stereocenters. The first-order valence-electron chi connectivity index (χ1n) is 5.70. The number of aromatic nitrogens is 2. The van der Waals surface area contributed by atoms with Crippen molar-refractivity contribution in [3.63, 3.8) is 0 Å². The Balaban J connectivity index is 2.01. The number of hydrogen-bond acceptors (Lipinski definition) is 5. The summed E-state index contributed by atoms with van der Waals surface area (Å²) in [6, 6.07) is 5.26. The van der Waals surface area contributed by atoms with E-state index < -0.39 is 11.6 Å². The summed E-state index contributed by atoms with van der Waals surface area (Å²) >= 11 is 1.41. The van der Waals surface area contributed by atoms with Crippen LogP contribution in [0.1, 0.15) is 4.88 Å². The van der Waals surface area contributed by atoms with E-state index in [1.165, 1.54) is 17.4 Å². The van der Waals surface area contributed by atoms with Crippen molar-refractivity contribution in [2.45, 2.75) is 6.92 Å². The second-order valence-electron chi connectivity index (χ2n) is 4.19. The molecule has 4 nitrogen and oxygen atoms in total. The summed E-state index contributed by atoms with van der Waals surface area (Å²) in [5.41, 5.74) is 6.83. The molecule has 3 rings (SSSR count). The number of nitrogens with two attached hydrogens (primary N) is 1. The molecule has 2 N–H and O–H groups in total. The predicted molar refractivity (Wildman–Crippen MR) is 72.1 cm³/mol. The Labute approximate surface area is 116 Å². The number of halogens is 2. The minimum Gasteiger partial charge on any atom is -0.390 e. The van der Waals surface area contributed by atoms with Crippen LogP contribution in [0.5, 0.6) is 0 Å². The summed E-state index contributed by atoms with van der Waals surface area (Å²) in [5.74, 6) is -1.44. The van der Waals surface area contributed by atoms with E-state index in [0.717, 1.165) is 17.0 Å². The van der Waals surface area contributed by atoms with E-state index in [0.29, 0.717) is 16.1 Å². The van der Waals surface area contributed by atoms with Crippen LogP contribution in [0.4, 0.5) is 13.8 Å². The van der Waals surface area contributed by atoms with Gasteiger partial charge in [0.1, 0.15) is 0 Å². The van der Waals surface area contributed by atoms with Gasteiger partial charge in [-0.25, -0.2) is 8.78 Å². The molecular formula is C13H9F2N3OS. The van der Waals surface area contributed by atoms with E-state index >= 15 is 0 Å². The van der Waals surface area contributed by atoms with E-state index in [1.54, 1.807) is 0 Å². The van der Waals surface area contributed by atoms with Crippen LogP contribution in [-0.2, 0) is 0 Å². The number of thiophene rings is 1. The number of benzene rings is 1. The van der Waals surface area contributed by atoms with Gasteiger partial charge in [0, 0.05) is 10.4 Å². The van der Waals surface area contributed by atoms with Gasteiger partial charge >= 0.3 is 0 Å². The first-order chi connectivity index (χ1) is 9.54. The lowest BCUT2D eigenvalue weighted by atomic mass is 10.2. The Hall–Kier alpha value is -2.28. The molecule has 20 heavy (non-hydrogen) atoms. The molecule has 3 aromatic rings. The highest BCUT2D eigenvalue weighted by Gasteiger charge is 2.16. The smallest absolute Gasteiger partial charge is 0.261 e. The fourth-order valence-electron chi connectivity index (χ4n) is 1.78. The minimum absolute atomic E-state index is 0.183. The van der Waals surface area contributed by atoms with Crippen molar-refractivity contribution < 1.29 is 13.3 Å². The van der Waals surface area contributed by atoms with E-state index in [9.17, 15) is 8.78 Å². The minimum atomic E-state index is -0.959. The molecule has 7 heteroatoms. The number of anilines is 1. The first kappa shape index (κ1) is 12.7. The third kappa shape index (κ3) is 2.16. The molecule has 0 spiro atoms. The zero-order valence-electron chi connectivity index (χ0n) is 10.4. The average molecular weight is 293 g/mol. The fourth-order valence-corrected chi connectivity index (χ4v) is 2.56. The maximum absolute atomic E-state index is 13.2. The van der Waals surface area contributed by atoms with Gasteiger partial charge in [0.2, 0.25) is 5.82 Å². The third-order valence-electron chi connectivity index (χ3n) is 2.72. The van der Waals surface area contributed by atoms with Crippen molar-refractivity contribution in [1.29, 1.82) is 0 Å². The standard InChI is InChI=1S/C13H9F2N3OS/c1-6-4-8(11(16)20-6)13-17-12(18-19-13)7-2-3-9(14)10(15)5-7/h2-5H,16H2,1H3. The zero-order valence-corrected chi connectivity index (χ0v) is 11.2. The SMILES string of the molecule is Cc1cc(-c2nc(-c3ccc(F)c(F)c3)no2)c(N)s1. The maximum Gasteiger partial charge on any atom is 0.261 e. The quantitative estimate of drug-likeness (QED) is 0.783. The Kier molecular flexibility index (Phi) is 2.98. The summed E-state index contributed by atoms with van der Waals surface area (Å²) < 4.78 is 31.2. The van der Waals surface area contributed by atoms with Crippen LogP contribution < -0.4 is 5.73 Å². The summed E-state index contributed by atoms with van der Waals surface area (Å²) in [7, 11) is 0. The number of rotatable bonds is 2. The Morgan fingerprint density at radius 2 is 2.00 bits per heavy atom. The van der Waals surface area contributed by atoms with Gasteiger partial charge < -0.3 is 10.3 Å². The topological polar surface area (TPSA) is 64.9 Å². The molecule has 2 aromatic heterocycles. The number of nitrogen functional groups attached to an aromatic ring is 1. The molecule has 1 aromatic carbocycles. The predicted octanol–water partition coefficient (Wildman–Crippen LogP) is 3.63. The van der Waals surface area contributed by atoms with Crippen molar-refractivity contribution in [3.05, 3.63) is 40.8 Å². The lowest BCUT2D eigenvalue weighted by molar-refractivity contribution is 0.432. The second-order valence-corrected chi connectivity index (χ2v) is 5.47. The molecule has 0 unspecified atom stereocenters. The van der Waals surface area contributed by atoms with Crippen molar-refractivity contribution in [1.82, 2.24) is 10.1 Å². The van der Waals surface area contributed by atoms with Gasteiger partial charge in [0.05, 0.1) is 10.6 Å².